The number of benzene rings is 1. The number of ether oxygens (including phenoxy) is 1. The Morgan fingerprint density at radius 3 is 2.60 bits per heavy atom. The van der Waals surface area contributed by atoms with E-state index in [1.807, 2.05) is 42.3 Å². The molecule has 1 unspecified atom stereocenters. The maximum absolute atomic E-state index is 9.12. The van der Waals surface area contributed by atoms with E-state index < -0.39 is 0 Å². The largest absolute Gasteiger partial charge is 0.478 e. The number of hydrogen-bond donors (Lipinski definition) is 1. The van der Waals surface area contributed by atoms with Crippen LogP contribution in [0.5, 0.6) is 5.75 Å². The molecule has 1 N–H and O–H groups in total. The zero-order valence-electron chi connectivity index (χ0n) is 9.39. The van der Waals surface area contributed by atoms with E-state index in [1.54, 1.807) is 6.92 Å². The molecule has 0 heterocycles. The summed E-state index contributed by atoms with van der Waals surface area (Å²) in [5, 5.41) is 9.12. The first-order chi connectivity index (χ1) is 7.18. The highest BCUT2D eigenvalue weighted by Gasteiger charge is 2.01. The molecule has 0 spiro atoms. The van der Waals surface area contributed by atoms with E-state index in [-0.39, 0.29) is 6.10 Å². The Bertz CT molecular complexity index is 262. The minimum atomic E-state index is -0.246. The molecule has 1 aromatic carbocycles. The first kappa shape index (κ1) is 12.0. The van der Waals surface area contributed by atoms with Gasteiger partial charge in [-0.1, -0.05) is 18.2 Å². The fourth-order valence-electron chi connectivity index (χ4n) is 1.17. The standard InChI is InChI=1S/C12H19NO2/c1-11(14)8-9-13(2)10-15-12-6-4-3-5-7-12/h3-7,11,14H,8-10H2,1-2H3. The summed E-state index contributed by atoms with van der Waals surface area (Å²) in [6.45, 7) is 3.19. The molecule has 0 radical (unpaired) electrons. The molecule has 15 heavy (non-hydrogen) atoms. The molecule has 0 bridgehead atoms. The second kappa shape index (κ2) is 6.43. The van der Waals surface area contributed by atoms with Crippen molar-refractivity contribution in [3.8, 4) is 5.75 Å². The molecular formula is C12H19NO2. The first-order valence-corrected chi connectivity index (χ1v) is 5.23. The molecule has 3 nitrogen and oxygen atoms in total. The van der Waals surface area contributed by atoms with Gasteiger partial charge in [-0.15, -0.1) is 0 Å². The third-order valence-electron chi connectivity index (χ3n) is 2.12. The van der Waals surface area contributed by atoms with Gasteiger partial charge >= 0.3 is 0 Å². The van der Waals surface area contributed by atoms with Gasteiger partial charge in [0.15, 0.2) is 0 Å². The van der Waals surface area contributed by atoms with E-state index >= 15 is 0 Å². The lowest BCUT2D eigenvalue weighted by Crippen LogP contribution is -2.26. The summed E-state index contributed by atoms with van der Waals surface area (Å²) < 4.78 is 5.54. The molecule has 84 valence electrons. The third-order valence-corrected chi connectivity index (χ3v) is 2.12. The Hall–Kier alpha value is -1.06. The van der Waals surface area contributed by atoms with Crippen molar-refractivity contribution in [3.05, 3.63) is 30.3 Å². The van der Waals surface area contributed by atoms with E-state index in [1.165, 1.54) is 0 Å². The lowest BCUT2D eigenvalue weighted by molar-refractivity contribution is 0.120. The van der Waals surface area contributed by atoms with Gasteiger partial charge in [0.25, 0.3) is 0 Å². The van der Waals surface area contributed by atoms with Crippen LogP contribution in [0.1, 0.15) is 13.3 Å². The highest BCUT2D eigenvalue weighted by Crippen LogP contribution is 2.08. The fourth-order valence-corrected chi connectivity index (χ4v) is 1.17. The Morgan fingerprint density at radius 2 is 2.00 bits per heavy atom. The van der Waals surface area contributed by atoms with Gasteiger partial charge in [0.2, 0.25) is 0 Å². The topological polar surface area (TPSA) is 32.7 Å². The molecule has 0 saturated carbocycles. The van der Waals surface area contributed by atoms with Crippen molar-refractivity contribution in [3.63, 3.8) is 0 Å². The van der Waals surface area contributed by atoms with E-state index in [0.717, 1.165) is 18.7 Å². The molecule has 0 aliphatic heterocycles. The number of aliphatic hydroxyl groups is 1. The summed E-state index contributed by atoms with van der Waals surface area (Å²) in [6, 6.07) is 9.73. The highest BCUT2D eigenvalue weighted by atomic mass is 16.5. The molecular weight excluding hydrogens is 190 g/mol. The van der Waals surface area contributed by atoms with Crippen LogP contribution in [0, 0.1) is 0 Å². The van der Waals surface area contributed by atoms with Crippen molar-refractivity contribution < 1.29 is 9.84 Å². The van der Waals surface area contributed by atoms with Crippen molar-refractivity contribution in [2.24, 2.45) is 0 Å². The molecule has 1 aromatic rings. The van der Waals surface area contributed by atoms with Crippen LogP contribution in [-0.2, 0) is 0 Å². The Morgan fingerprint density at radius 1 is 1.33 bits per heavy atom. The lowest BCUT2D eigenvalue weighted by atomic mass is 10.3. The second-order valence-corrected chi connectivity index (χ2v) is 3.80. The molecule has 1 rings (SSSR count). The first-order valence-electron chi connectivity index (χ1n) is 5.23. The van der Waals surface area contributed by atoms with Crippen molar-refractivity contribution in [2.75, 3.05) is 20.3 Å². The van der Waals surface area contributed by atoms with Gasteiger partial charge in [-0.3, -0.25) is 4.90 Å². The molecule has 0 fully saturated rings. The number of para-hydroxylation sites is 1. The summed E-state index contributed by atoms with van der Waals surface area (Å²) in [5.41, 5.74) is 0. The van der Waals surface area contributed by atoms with Crippen LogP contribution in [-0.4, -0.2) is 36.4 Å². The van der Waals surface area contributed by atoms with Crippen LogP contribution < -0.4 is 4.74 Å². The number of aliphatic hydroxyl groups excluding tert-OH is 1. The van der Waals surface area contributed by atoms with E-state index in [2.05, 4.69) is 0 Å². The van der Waals surface area contributed by atoms with Gasteiger partial charge in [-0.25, -0.2) is 0 Å². The summed E-state index contributed by atoms with van der Waals surface area (Å²) in [7, 11) is 1.98. The predicted octanol–water partition coefficient (Wildman–Crippen LogP) is 1.73. The zero-order chi connectivity index (χ0) is 11.1. The normalized spacial score (nSPS) is 12.8. The minimum Gasteiger partial charge on any atom is -0.478 e. The second-order valence-electron chi connectivity index (χ2n) is 3.80. The third kappa shape index (κ3) is 5.40. The maximum Gasteiger partial charge on any atom is 0.141 e. The van der Waals surface area contributed by atoms with Gasteiger partial charge < -0.3 is 9.84 Å². The van der Waals surface area contributed by atoms with Crippen molar-refractivity contribution in [1.29, 1.82) is 0 Å². The lowest BCUT2D eigenvalue weighted by Gasteiger charge is -2.17. The molecule has 0 saturated heterocycles. The smallest absolute Gasteiger partial charge is 0.141 e. The molecule has 0 aromatic heterocycles. The highest BCUT2D eigenvalue weighted by molar-refractivity contribution is 5.20. The molecule has 0 aliphatic rings. The average molecular weight is 209 g/mol. The van der Waals surface area contributed by atoms with Gasteiger partial charge in [-0.05, 0) is 32.5 Å². The monoisotopic (exact) mass is 209 g/mol. The minimum absolute atomic E-state index is 0.246. The molecule has 0 amide bonds. The molecule has 1 atom stereocenters. The Labute approximate surface area is 91.3 Å². The zero-order valence-corrected chi connectivity index (χ0v) is 9.39. The van der Waals surface area contributed by atoms with Gasteiger partial charge in [0.1, 0.15) is 12.5 Å². The number of nitrogens with zero attached hydrogens (tertiary/aromatic N) is 1. The van der Waals surface area contributed by atoms with E-state index in [9.17, 15) is 0 Å². The summed E-state index contributed by atoms with van der Waals surface area (Å²) >= 11 is 0. The van der Waals surface area contributed by atoms with Crippen molar-refractivity contribution in [2.45, 2.75) is 19.4 Å². The van der Waals surface area contributed by atoms with Gasteiger partial charge in [0.05, 0.1) is 6.10 Å². The Kier molecular flexibility index (Phi) is 5.15. The Balaban J connectivity index is 2.19. The van der Waals surface area contributed by atoms with E-state index in [4.69, 9.17) is 9.84 Å². The van der Waals surface area contributed by atoms with Crippen LogP contribution in [0.25, 0.3) is 0 Å². The quantitative estimate of drug-likeness (QED) is 0.724. The number of hydrogen-bond acceptors (Lipinski definition) is 3. The van der Waals surface area contributed by atoms with E-state index in [0.29, 0.717) is 6.73 Å². The van der Waals surface area contributed by atoms with Crippen LogP contribution in [0.2, 0.25) is 0 Å². The summed E-state index contributed by atoms with van der Waals surface area (Å²) in [4.78, 5) is 2.04. The average Bonchev–Trinajstić information content (AvgIpc) is 2.25. The van der Waals surface area contributed by atoms with Crippen molar-refractivity contribution >= 4 is 0 Å². The fraction of sp³-hybridized carbons (Fsp3) is 0.500. The predicted molar refractivity (Wildman–Crippen MR) is 60.9 cm³/mol. The van der Waals surface area contributed by atoms with Gasteiger partial charge in [-0.2, -0.15) is 0 Å². The number of rotatable bonds is 6. The van der Waals surface area contributed by atoms with Crippen molar-refractivity contribution in [1.82, 2.24) is 4.90 Å². The molecule has 3 heteroatoms. The van der Waals surface area contributed by atoms with Crippen LogP contribution in [0.3, 0.4) is 0 Å². The van der Waals surface area contributed by atoms with Crippen LogP contribution in [0.15, 0.2) is 30.3 Å². The van der Waals surface area contributed by atoms with Crippen LogP contribution in [0.4, 0.5) is 0 Å². The summed E-state index contributed by atoms with van der Waals surface area (Å²) in [6.07, 6.45) is 0.526. The SMILES string of the molecule is CC(O)CCN(C)COc1ccccc1. The van der Waals surface area contributed by atoms with Gasteiger partial charge in [0, 0.05) is 6.54 Å². The van der Waals surface area contributed by atoms with Crippen LogP contribution >= 0.6 is 0 Å². The molecule has 0 aliphatic carbocycles. The maximum atomic E-state index is 9.12. The summed E-state index contributed by atoms with van der Waals surface area (Å²) in [5.74, 6) is 0.876.